The molecule has 45 heavy (non-hydrogen) atoms. The van der Waals surface area contributed by atoms with Crippen LogP contribution in [-0.2, 0) is 9.53 Å². The number of fused-ring (bicyclic) bond motifs is 1. The summed E-state index contributed by atoms with van der Waals surface area (Å²) in [5.74, 6) is -0.300. The lowest BCUT2D eigenvalue weighted by molar-refractivity contribution is -0.116. The number of hydrogen-bond acceptors (Lipinski definition) is 6. The number of pyridine rings is 1. The van der Waals surface area contributed by atoms with Crippen molar-refractivity contribution in [2.45, 2.75) is 45.4 Å². The maximum Gasteiger partial charge on any atom is 0.339 e. The Morgan fingerprint density at radius 1 is 0.889 bits per heavy atom. The molecular weight excluding hydrogens is 590 g/mol. The summed E-state index contributed by atoms with van der Waals surface area (Å²) in [5, 5.41) is 0.634. The number of hydrogen-bond donors (Lipinski definition) is 0. The van der Waals surface area contributed by atoms with Gasteiger partial charge in [-0.05, 0) is 36.8 Å². The number of carbonyl (C=O) groups excluding carboxylic acids is 3. The Hall–Kier alpha value is -4.24. The van der Waals surface area contributed by atoms with Gasteiger partial charge < -0.3 is 19.4 Å². The predicted molar refractivity (Wildman–Crippen MR) is 180 cm³/mol. The quantitative estimate of drug-likeness (QED) is 0.192. The first-order chi connectivity index (χ1) is 21.7. The van der Waals surface area contributed by atoms with Gasteiger partial charge in [0.1, 0.15) is 6.54 Å². The van der Waals surface area contributed by atoms with Crippen LogP contribution in [0.3, 0.4) is 0 Å². The van der Waals surface area contributed by atoms with Crippen LogP contribution in [0.5, 0.6) is 0 Å². The van der Waals surface area contributed by atoms with Gasteiger partial charge in [-0.1, -0.05) is 81.0 Å². The van der Waals surface area contributed by atoms with Crippen LogP contribution < -0.4 is 4.90 Å². The van der Waals surface area contributed by atoms with Crippen LogP contribution >= 0.6 is 11.6 Å². The summed E-state index contributed by atoms with van der Waals surface area (Å²) in [7, 11) is 5.39. The molecule has 5 rings (SSSR count). The molecule has 2 aromatic carbocycles. The Kier molecular flexibility index (Phi) is 14.5. The lowest BCUT2D eigenvalue weighted by Crippen LogP contribution is -2.27. The van der Waals surface area contributed by atoms with E-state index in [-0.39, 0.29) is 24.5 Å². The number of rotatable bonds is 9. The van der Waals surface area contributed by atoms with Crippen molar-refractivity contribution in [1.29, 1.82) is 0 Å². The maximum absolute atomic E-state index is 12.0. The zero-order chi connectivity index (χ0) is 32.6. The second kappa shape index (κ2) is 18.5. The highest BCUT2D eigenvalue weighted by Crippen LogP contribution is 2.28. The van der Waals surface area contributed by atoms with E-state index in [1.54, 1.807) is 46.1 Å². The minimum Gasteiger partial charge on any atom is -0.462 e. The fourth-order valence-corrected chi connectivity index (χ4v) is 4.87. The minimum atomic E-state index is -0.272. The molecule has 3 amide bonds. The van der Waals surface area contributed by atoms with E-state index in [0.29, 0.717) is 17.2 Å². The van der Waals surface area contributed by atoms with Gasteiger partial charge in [-0.2, -0.15) is 0 Å². The van der Waals surface area contributed by atoms with Gasteiger partial charge in [0.25, 0.3) is 0 Å². The van der Waals surface area contributed by atoms with Crippen molar-refractivity contribution in [2.75, 3.05) is 52.3 Å². The van der Waals surface area contributed by atoms with E-state index in [4.69, 9.17) is 16.3 Å². The fraction of sp³-hybridized carbons (Fsp3) is 0.400. The zero-order valence-corrected chi connectivity index (χ0v) is 27.5. The second-order valence-corrected chi connectivity index (χ2v) is 11.4. The molecule has 9 nitrogen and oxygen atoms in total. The smallest absolute Gasteiger partial charge is 0.339 e. The third kappa shape index (κ3) is 11.0. The molecule has 1 saturated heterocycles. The Labute approximate surface area is 271 Å². The number of aliphatic imine (C=N–C) groups is 1. The molecule has 3 aromatic rings. The maximum atomic E-state index is 12.0. The second-order valence-electron chi connectivity index (χ2n) is 10.9. The third-order valence-corrected chi connectivity index (χ3v) is 7.66. The van der Waals surface area contributed by atoms with Crippen molar-refractivity contribution in [3.8, 4) is 0 Å². The van der Waals surface area contributed by atoms with Gasteiger partial charge in [-0.3, -0.25) is 14.8 Å². The van der Waals surface area contributed by atoms with Gasteiger partial charge in [-0.25, -0.2) is 9.59 Å². The number of aromatic nitrogens is 1. The van der Waals surface area contributed by atoms with Gasteiger partial charge in [0.15, 0.2) is 0 Å². The number of carbonyl (C=O) groups is 3. The molecule has 1 aromatic heterocycles. The van der Waals surface area contributed by atoms with Crippen molar-refractivity contribution in [1.82, 2.24) is 14.8 Å². The normalized spacial score (nSPS) is 14.0. The number of likely N-dealkylation sites (N-methyl/N-ethyl adjacent to an activating group) is 3. The van der Waals surface area contributed by atoms with E-state index in [9.17, 15) is 14.4 Å². The van der Waals surface area contributed by atoms with Crippen LogP contribution in [0.25, 0.3) is 0 Å². The van der Waals surface area contributed by atoms with E-state index in [1.165, 1.54) is 31.9 Å². The van der Waals surface area contributed by atoms with Crippen molar-refractivity contribution >= 4 is 40.9 Å². The Morgan fingerprint density at radius 2 is 1.58 bits per heavy atom. The number of benzodiazepines with no additional fused rings is 1. The summed E-state index contributed by atoms with van der Waals surface area (Å²) < 4.78 is 5.16. The molecule has 0 aliphatic carbocycles. The highest BCUT2D eigenvalue weighted by atomic mass is 35.5. The van der Waals surface area contributed by atoms with Crippen molar-refractivity contribution < 1.29 is 19.1 Å². The van der Waals surface area contributed by atoms with Crippen LogP contribution in [0.1, 0.15) is 66.9 Å². The first kappa shape index (κ1) is 35.2. The summed E-state index contributed by atoms with van der Waals surface area (Å²) in [5.41, 5.74) is 4.04. The molecular formula is C35H44ClN5O4. The molecule has 0 spiro atoms. The molecule has 0 N–H and O–H groups in total. The number of halogens is 1. The van der Waals surface area contributed by atoms with Crippen LogP contribution in [0.2, 0.25) is 5.02 Å². The van der Waals surface area contributed by atoms with Crippen LogP contribution in [0, 0.1) is 0 Å². The highest BCUT2D eigenvalue weighted by molar-refractivity contribution is 6.32. The first-order valence-corrected chi connectivity index (χ1v) is 15.8. The summed E-state index contributed by atoms with van der Waals surface area (Å²) in [4.78, 5) is 47.7. The lowest BCUT2D eigenvalue weighted by atomic mass is 10.0. The fourth-order valence-electron chi connectivity index (χ4n) is 4.70. The summed E-state index contributed by atoms with van der Waals surface area (Å²) >= 11 is 6.11. The number of amides is 3. The van der Waals surface area contributed by atoms with E-state index >= 15 is 0 Å². The molecule has 10 heteroatoms. The summed E-state index contributed by atoms with van der Waals surface area (Å²) in [6.45, 7) is 4.60. The topological polar surface area (TPSA) is 95.4 Å². The van der Waals surface area contributed by atoms with Crippen LogP contribution in [0.15, 0.2) is 78.0 Å². The van der Waals surface area contributed by atoms with Gasteiger partial charge in [0.2, 0.25) is 5.91 Å². The number of urea groups is 1. The number of esters is 1. The minimum absolute atomic E-state index is 0.0282. The van der Waals surface area contributed by atoms with Gasteiger partial charge in [0.05, 0.1) is 23.6 Å². The number of unbranched alkanes of at least 4 members (excludes halogenated alkanes) is 5. The van der Waals surface area contributed by atoms with E-state index < -0.39 is 0 Å². The predicted octanol–water partition coefficient (Wildman–Crippen LogP) is 6.74. The van der Waals surface area contributed by atoms with E-state index in [1.807, 2.05) is 56.6 Å². The third-order valence-electron chi connectivity index (χ3n) is 7.42. The summed E-state index contributed by atoms with van der Waals surface area (Å²) in [6.07, 6.45) is 10.3. The lowest BCUT2D eigenvalue weighted by Gasteiger charge is -2.18. The molecule has 3 heterocycles. The van der Waals surface area contributed by atoms with Crippen LogP contribution in [-0.4, -0.2) is 85.8 Å². The molecule has 2 aliphatic rings. The van der Waals surface area contributed by atoms with Crippen molar-refractivity contribution in [3.05, 3.63) is 94.8 Å². The Bertz CT molecular complexity index is 1410. The molecule has 2 aliphatic heterocycles. The van der Waals surface area contributed by atoms with E-state index in [2.05, 4.69) is 16.9 Å². The molecule has 1 fully saturated rings. The monoisotopic (exact) mass is 633 g/mol. The molecule has 0 bridgehead atoms. The summed E-state index contributed by atoms with van der Waals surface area (Å²) in [6, 6.07) is 18.9. The standard InChI is InChI=1S/C16H13ClN2O.C14H21NO2.C5H10N2O/c1-19-14-8-7-12(17)9-13(14)16(18-10-15(19)20)11-5-3-2-4-6-11;1-2-3-4-5-6-7-11-17-14(16)13-9-8-10-15-12-13;1-6-3-4-7(2)5(6)8/h2-9H,10H2,1H3;8-10,12H,2-7,11H2,1H3;3-4H2,1-2H3. The van der Waals surface area contributed by atoms with Crippen LogP contribution in [0.4, 0.5) is 10.5 Å². The Balaban J connectivity index is 0.000000200. The average Bonchev–Trinajstić information content (AvgIpc) is 3.29. The molecule has 240 valence electrons. The first-order valence-electron chi connectivity index (χ1n) is 15.4. The SMILES string of the molecule is CCCCCCCCOC(=O)c1cccnc1.CN1C(=O)CN=C(c2ccccc2)c2cc(Cl)ccc21.CN1CCN(C)C1=O. The highest BCUT2D eigenvalue weighted by Gasteiger charge is 2.22. The Morgan fingerprint density at radius 3 is 2.20 bits per heavy atom. The molecule has 0 unspecified atom stereocenters. The molecule has 0 saturated carbocycles. The number of nitrogens with zero attached hydrogens (tertiary/aromatic N) is 5. The van der Waals surface area contributed by atoms with Gasteiger partial charge >= 0.3 is 12.0 Å². The van der Waals surface area contributed by atoms with E-state index in [0.717, 1.165) is 48.5 Å². The number of ether oxygens (including phenoxy) is 1. The largest absolute Gasteiger partial charge is 0.462 e. The van der Waals surface area contributed by atoms with Gasteiger partial charge in [-0.15, -0.1) is 0 Å². The number of benzene rings is 2. The molecule has 0 radical (unpaired) electrons. The number of anilines is 1. The van der Waals surface area contributed by atoms with Gasteiger partial charge in [0, 0.05) is 62.8 Å². The van der Waals surface area contributed by atoms with Crippen molar-refractivity contribution in [3.63, 3.8) is 0 Å². The van der Waals surface area contributed by atoms with Crippen molar-refractivity contribution in [2.24, 2.45) is 4.99 Å². The molecule has 0 atom stereocenters. The zero-order valence-electron chi connectivity index (χ0n) is 26.7. The average molecular weight is 634 g/mol.